The van der Waals surface area contributed by atoms with Crippen molar-refractivity contribution in [2.45, 2.75) is 97.8 Å². The lowest BCUT2D eigenvalue weighted by molar-refractivity contribution is 0.129. The van der Waals surface area contributed by atoms with Crippen LogP contribution in [0, 0.1) is 0 Å². The first-order chi connectivity index (χ1) is 21.0. The van der Waals surface area contributed by atoms with Gasteiger partial charge in [0.05, 0.1) is 24.6 Å². The zero-order chi connectivity index (χ0) is 33.3. The first-order valence-corrected chi connectivity index (χ1v) is 22.6. The topological polar surface area (TPSA) is 95.7 Å². The molecule has 0 bridgehead atoms. The highest BCUT2D eigenvalue weighted by Gasteiger charge is 2.38. The summed E-state index contributed by atoms with van der Waals surface area (Å²) in [5.74, 6) is 1.50. The molecule has 246 valence electrons. The lowest BCUT2D eigenvalue weighted by Crippen LogP contribution is -2.40. The number of nitrogens with one attached hydrogen (secondary N) is 1. The van der Waals surface area contributed by atoms with E-state index in [1.807, 2.05) is 57.9 Å². The third-order valence-electron chi connectivity index (χ3n) is 8.18. The summed E-state index contributed by atoms with van der Waals surface area (Å²) in [6.07, 6.45) is 3.73. The predicted octanol–water partition coefficient (Wildman–Crippen LogP) is 9.11. The average Bonchev–Trinajstić information content (AvgIpc) is 3.63. The van der Waals surface area contributed by atoms with Crippen molar-refractivity contribution in [3.8, 4) is 0 Å². The van der Waals surface area contributed by atoms with Gasteiger partial charge < -0.3 is 18.9 Å². The average molecular weight is 687 g/mol. The summed E-state index contributed by atoms with van der Waals surface area (Å²) >= 11 is 3.12. The number of anilines is 2. The minimum atomic E-state index is -1.78. The highest BCUT2D eigenvalue weighted by atomic mass is 32.1. The van der Waals surface area contributed by atoms with Gasteiger partial charge in [0.15, 0.2) is 32.4 Å². The van der Waals surface area contributed by atoms with Crippen molar-refractivity contribution >= 4 is 56.1 Å². The number of pyridine rings is 2. The molecule has 0 fully saturated rings. The van der Waals surface area contributed by atoms with Gasteiger partial charge in [0, 0.05) is 30.3 Å². The largest absolute Gasteiger partial charge is 0.411 e. The fraction of sp³-hybridized carbons (Fsp3) is 0.500. The number of nitrogens with zero attached hydrogens (tertiary/aromatic N) is 5. The van der Waals surface area contributed by atoms with Crippen LogP contribution < -0.4 is 10.1 Å². The monoisotopic (exact) mass is 686 g/mol. The highest BCUT2D eigenvalue weighted by Crippen LogP contribution is 2.38. The van der Waals surface area contributed by atoms with Crippen LogP contribution in [0.2, 0.25) is 36.3 Å². The number of rotatable bonds is 11. The molecule has 0 amide bonds. The maximum atomic E-state index is 6.24. The van der Waals surface area contributed by atoms with E-state index in [0.717, 1.165) is 27.1 Å². The van der Waals surface area contributed by atoms with Crippen LogP contribution in [0.4, 0.5) is 16.8 Å². The van der Waals surface area contributed by atoms with Crippen LogP contribution in [0.15, 0.2) is 64.5 Å². The molecule has 0 saturated carbocycles. The van der Waals surface area contributed by atoms with Crippen molar-refractivity contribution in [3.63, 3.8) is 0 Å². The standard InChI is InChI=1S/C17H27N3O2SSi.C15H23N3OSSi/c1-17(2,3)24(5,6)22-12-14-8-7-9-15(18-14)19-16-20(13-21-4)10-11-23-16;1-15(2,3)21(4,5)19-11-12-7-6-8-13(17-12)18-14-16-9-10-20-14/h7-11H,12-13H2,1-6H3;6-10H,11H2,1-5H3,(H,16,17,18). The number of ether oxygens (including phenoxy) is 1. The Balaban J connectivity index is 0.000000248. The van der Waals surface area contributed by atoms with Gasteiger partial charge in [-0.2, -0.15) is 0 Å². The van der Waals surface area contributed by atoms with E-state index in [1.54, 1.807) is 36.0 Å². The minimum absolute atomic E-state index is 0.192. The highest BCUT2D eigenvalue weighted by molar-refractivity contribution is 7.13. The van der Waals surface area contributed by atoms with E-state index in [0.29, 0.717) is 25.8 Å². The second kappa shape index (κ2) is 15.8. The fourth-order valence-corrected chi connectivity index (χ4v) is 6.44. The van der Waals surface area contributed by atoms with Gasteiger partial charge in [-0.1, -0.05) is 53.7 Å². The molecule has 0 aliphatic heterocycles. The van der Waals surface area contributed by atoms with Gasteiger partial charge in [-0.25, -0.2) is 19.9 Å². The van der Waals surface area contributed by atoms with Gasteiger partial charge in [-0.15, -0.1) is 22.7 Å². The molecule has 0 unspecified atom stereocenters. The Morgan fingerprint density at radius 1 is 0.822 bits per heavy atom. The van der Waals surface area contributed by atoms with Gasteiger partial charge >= 0.3 is 0 Å². The third kappa shape index (κ3) is 11.3. The predicted molar refractivity (Wildman–Crippen MR) is 192 cm³/mol. The molecule has 0 radical (unpaired) electrons. The van der Waals surface area contributed by atoms with Crippen LogP contribution in [-0.2, 0) is 33.5 Å². The Bertz CT molecular complexity index is 1540. The van der Waals surface area contributed by atoms with E-state index in [2.05, 4.69) is 93.0 Å². The minimum Gasteiger partial charge on any atom is -0.411 e. The van der Waals surface area contributed by atoms with Gasteiger partial charge in [0.1, 0.15) is 12.5 Å². The van der Waals surface area contributed by atoms with E-state index in [1.165, 1.54) is 0 Å². The molecule has 0 spiro atoms. The second-order valence-electron chi connectivity index (χ2n) is 13.7. The second-order valence-corrected chi connectivity index (χ2v) is 25.1. The summed E-state index contributed by atoms with van der Waals surface area (Å²) in [5, 5.41) is 8.39. The number of aromatic nitrogens is 4. The molecule has 9 nitrogen and oxygen atoms in total. The molecular weight excluding hydrogens is 637 g/mol. The van der Waals surface area contributed by atoms with Crippen LogP contribution in [0.1, 0.15) is 52.9 Å². The smallest absolute Gasteiger partial charge is 0.193 e. The zero-order valence-electron chi connectivity index (χ0n) is 28.7. The van der Waals surface area contributed by atoms with Gasteiger partial charge in [-0.3, -0.25) is 4.57 Å². The van der Waals surface area contributed by atoms with E-state index in [4.69, 9.17) is 13.6 Å². The number of hydrogen-bond acceptors (Lipinski definition) is 10. The molecular formula is C32H50N6O3S2Si2. The SMILES string of the molecule is CC(C)(C)[Si](C)(C)OCc1cccc(Nc2nccs2)n1.COCn1ccsc1=Nc1cccc(CO[Si](C)(C)C(C)(C)C)n1. The molecule has 1 N–H and O–H groups in total. The molecule has 4 heterocycles. The molecule has 4 aromatic heterocycles. The summed E-state index contributed by atoms with van der Waals surface area (Å²) < 4.78 is 19.6. The fourth-order valence-electron chi connectivity index (χ4n) is 3.30. The van der Waals surface area contributed by atoms with E-state index < -0.39 is 16.6 Å². The number of thiazole rings is 2. The van der Waals surface area contributed by atoms with Gasteiger partial charge in [-0.05, 0) is 60.5 Å². The lowest BCUT2D eigenvalue weighted by atomic mass is 10.2. The maximum absolute atomic E-state index is 6.24. The first-order valence-electron chi connectivity index (χ1n) is 15.0. The van der Waals surface area contributed by atoms with Crippen LogP contribution >= 0.6 is 22.7 Å². The van der Waals surface area contributed by atoms with Gasteiger partial charge in [0.25, 0.3) is 0 Å². The zero-order valence-corrected chi connectivity index (χ0v) is 32.3. The summed E-state index contributed by atoms with van der Waals surface area (Å²) in [7, 11) is -1.84. The van der Waals surface area contributed by atoms with Crippen LogP contribution in [0.25, 0.3) is 0 Å². The van der Waals surface area contributed by atoms with E-state index in [9.17, 15) is 0 Å². The Kier molecular flexibility index (Phi) is 13.0. The summed E-state index contributed by atoms with van der Waals surface area (Å²) in [4.78, 5) is 18.9. The molecule has 0 aromatic carbocycles. The normalized spacial score (nSPS) is 13.0. The maximum Gasteiger partial charge on any atom is 0.193 e. The van der Waals surface area contributed by atoms with Crippen molar-refractivity contribution in [2.24, 2.45) is 4.99 Å². The Morgan fingerprint density at radius 2 is 1.42 bits per heavy atom. The molecule has 0 aliphatic rings. The number of hydrogen-bond donors (Lipinski definition) is 1. The molecule has 0 atom stereocenters. The van der Waals surface area contributed by atoms with Crippen molar-refractivity contribution in [3.05, 3.63) is 75.7 Å². The Morgan fingerprint density at radius 3 is 1.98 bits per heavy atom. The Hall–Kier alpha value is -2.53. The van der Waals surface area contributed by atoms with E-state index >= 15 is 0 Å². The van der Waals surface area contributed by atoms with Crippen LogP contribution in [0.5, 0.6) is 0 Å². The lowest BCUT2D eigenvalue weighted by Gasteiger charge is -2.36. The molecule has 0 aliphatic carbocycles. The molecule has 13 heteroatoms. The number of methoxy groups -OCH3 is 1. The third-order valence-corrected chi connectivity index (χ3v) is 18.6. The summed E-state index contributed by atoms with van der Waals surface area (Å²) in [5.41, 5.74) is 1.86. The van der Waals surface area contributed by atoms with Gasteiger partial charge in [0.2, 0.25) is 0 Å². The quantitative estimate of drug-likeness (QED) is 0.157. The summed E-state index contributed by atoms with van der Waals surface area (Å²) in [6, 6.07) is 11.8. The molecule has 45 heavy (non-hydrogen) atoms. The van der Waals surface area contributed by atoms with Crippen LogP contribution in [0.3, 0.4) is 0 Å². The van der Waals surface area contributed by atoms with Crippen molar-refractivity contribution in [1.29, 1.82) is 0 Å². The van der Waals surface area contributed by atoms with Crippen molar-refractivity contribution in [2.75, 3.05) is 12.4 Å². The Labute approximate surface area is 279 Å². The molecule has 4 aromatic rings. The van der Waals surface area contributed by atoms with Crippen LogP contribution in [-0.4, -0.2) is 43.3 Å². The first kappa shape index (κ1) is 36.9. The van der Waals surface area contributed by atoms with Crippen molar-refractivity contribution in [1.82, 2.24) is 19.5 Å². The molecule has 4 rings (SSSR count). The molecule has 0 saturated heterocycles. The van der Waals surface area contributed by atoms with Crippen molar-refractivity contribution < 1.29 is 13.6 Å². The summed E-state index contributed by atoms with van der Waals surface area (Å²) in [6.45, 7) is 24.0. The van der Waals surface area contributed by atoms with E-state index in [-0.39, 0.29) is 10.1 Å².